The number of nitrogens with one attached hydrogen (secondary N) is 2. The molecule has 2 aliphatic heterocycles. The van der Waals surface area contributed by atoms with E-state index in [2.05, 4.69) is 42.5 Å². The maximum Gasteiger partial charge on any atom is 0.243 e. The summed E-state index contributed by atoms with van der Waals surface area (Å²) in [6, 6.07) is 6.50. The van der Waals surface area contributed by atoms with E-state index >= 15 is 0 Å². The van der Waals surface area contributed by atoms with Crippen LogP contribution < -0.4 is 15.5 Å². The minimum absolute atomic E-state index is 0. The summed E-state index contributed by atoms with van der Waals surface area (Å²) in [4.78, 5) is 27.6. The number of likely N-dealkylation sites (N-methyl/N-ethyl adjacent to an activating group) is 1. The first-order valence-corrected chi connectivity index (χ1v) is 11.7. The molecule has 33 heavy (non-hydrogen) atoms. The number of morpholine rings is 1. The van der Waals surface area contributed by atoms with Crippen LogP contribution in [0.5, 0.6) is 0 Å². The van der Waals surface area contributed by atoms with E-state index in [0.717, 1.165) is 89.2 Å². The zero-order valence-electron chi connectivity index (χ0n) is 20.3. The Morgan fingerprint density at radius 1 is 1.21 bits per heavy atom. The molecule has 0 aromatic carbocycles. The smallest absolute Gasteiger partial charge is 0.243 e. The predicted molar refractivity (Wildman–Crippen MR) is 144 cm³/mol. The number of pyridine rings is 1. The predicted octanol–water partition coefficient (Wildman–Crippen LogP) is 1.32. The molecule has 1 aromatic heterocycles. The Hall–Kier alpha value is -1.66. The van der Waals surface area contributed by atoms with Crippen LogP contribution in [0.2, 0.25) is 0 Å². The van der Waals surface area contributed by atoms with Crippen molar-refractivity contribution in [2.24, 2.45) is 4.99 Å². The molecule has 0 radical (unpaired) electrons. The van der Waals surface area contributed by atoms with Crippen molar-refractivity contribution in [1.29, 1.82) is 0 Å². The van der Waals surface area contributed by atoms with Crippen molar-refractivity contribution >= 4 is 41.7 Å². The number of carbonyl (C=O) groups is 1. The molecular weight excluding hydrogens is 533 g/mol. The zero-order valence-corrected chi connectivity index (χ0v) is 22.6. The second-order valence-corrected chi connectivity index (χ2v) is 8.73. The topological polar surface area (TPSA) is 85.3 Å². The van der Waals surface area contributed by atoms with Gasteiger partial charge in [-0.25, -0.2) is 9.98 Å². The number of aryl methyl sites for hydroxylation is 1. The normalized spacial score (nSPS) is 17.9. The summed E-state index contributed by atoms with van der Waals surface area (Å²) in [5.74, 6) is 1.78. The van der Waals surface area contributed by atoms with Gasteiger partial charge in [0.25, 0.3) is 0 Å². The van der Waals surface area contributed by atoms with Gasteiger partial charge in [-0.3, -0.25) is 9.69 Å². The molecule has 1 amide bonds. The highest BCUT2D eigenvalue weighted by Gasteiger charge is 2.21. The molecule has 3 rings (SSSR count). The van der Waals surface area contributed by atoms with E-state index in [9.17, 15) is 4.79 Å². The van der Waals surface area contributed by atoms with Gasteiger partial charge >= 0.3 is 0 Å². The minimum atomic E-state index is -0.000224. The fraction of sp³-hybridized carbons (Fsp3) is 0.696. The molecule has 1 aromatic rings. The fourth-order valence-corrected chi connectivity index (χ4v) is 3.93. The van der Waals surface area contributed by atoms with Crippen molar-refractivity contribution in [2.75, 3.05) is 78.0 Å². The standard InChI is InChI=1S/C23H39N7O2.HI/c1-19-6-4-7-21(26-19)30-12-8-20(9-13-30)27-23(25-18-22(31)28(2)3)24-10-5-11-29-14-16-32-17-15-29;/h4,6-7,20H,5,8-18H2,1-3H3,(H2,24,25,27);1H. The number of rotatable bonds is 8. The van der Waals surface area contributed by atoms with Crippen LogP contribution in [0, 0.1) is 6.92 Å². The summed E-state index contributed by atoms with van der Waals surface area (Å²) in [5.41, 5.74) is 1.05. The van der Waals surface area contributed by atoms with Crippen LogP contribution >= 0.6 is 24.0 Å². The van der Waals surface area contributed by atoms with Gasteiger partial charge in [0.15, 0.2) is 5.96 Å². The second-order valence-electron chi connectivity index (χ2n) is 8.73. The Morgan fingerprint density at radius 2 is 1.94 bits per heavy atom. The third kappa shape index (κ3) is 9.62. The van der Waals surface area contributed by atoms with Gasteiger partial charge in [-0.05, 0) is 44.9 Å². The van der Waals surface area contributed by atoms with Crippen LogP contribution in [0.15, 0.2) is 23.2 Å². The van der Waals surface area contributed by atoms with Gasteiger partial charge in [-0.2, -0.15) is 0 Å². The van der Waals surface area contributed by atoms with Crippen LogP contribution in [0.1, 0.15) is 25.0 Å². The molecule has 0 bridgehead atoms. The van der Waals surface area contributed by atoms with Crippen LogP contribution in [0.4, 0.5) is 5.82 Å². The first kappa shape index (κ1) is 27.6. The van der Waals surface area contributed by atoms with Crippen molar-refractivity contribution in [1.82, 2.24) is 25.4 Å². The molecule has 2 saturated heterocycles. The van der Waals surface area contributed by atoms with Gasteiger partial charge in [0.2, 0.25) is 5.91 Å². The third-order valence-electron chi connectivity index (χ3n) is 5.95. The minimum Gasteiger partial charge on any atom is -0.379 e. The Labute approximate surface area is 215 Å². The number of carbonyl (C=O) groups excluding carboxylic acids is 1. The molecule has 0 atom stereocenters. The zero-order chi connectivity index (χ0) is 22.8. The second kappa shape index (κ2) is 14.6. The Kier molecular flexibility index (Phi) is 12.2. The number of guanidine groups is 1. The van der Waals surface area contributed by atoms with Gasteiger partial charge in [0.05, 0.1) is 13.2 Å². The number of hydrogen-bond donors (Lipinski definition) is 2. The number of aliphatic imine (C=N–C) groups is 1. The van der Waals surface area contributed by atoms with E-state index in [1.54, 1.807) is 19.0 Å². The van der Waals surface area contributed by atoms with Crippen LogP contribution in [0.3, 0.4) is 0 Å². The summed E-state index contributed by atoms with van der Waals surface area (Å²) in [6.07, 6.45) is 3.04. The van der Waals surface area contributed by atoms with Crippen molar-refractivity contribution in [3.63, 3.8) is 0 Å². The molecule has 186 valence electrons. The maximum atomic E-state index is 12.0. The Balaban J connectivity index is 0.00000385. The SMILES string of the molecule is Cc1cccc(N2CCC(NC(=NCC(=O)N(C)C)NCCCN3CCOCC3)CC2)n1.I. The molecule has 2 N–H and O–H groups in total. The molecule has 10 heteroatoms. The number of ether oxygens (including phenoxy) is 1. The van der Waals surface area contributed by atoms with E-state index in [1.165, 1.54) is 0 Å². The molecule has 0 aliphatic carbocycles. The van der Waals surface area contributed by atoms with E-state index in [1.807, 2.05) is 13.0 Å². The summed E-state index contributed by atoms with van der Waals surface area (Å²) in [5, 5.41) is 7.00. The third-order valence-corrected chi connectivity index (χ3v) is 5.95. The van der Waals surface area contributed by atoms with Crippen molar-refractivity contribution in [3.8, 4) is 0 Å². The lowest BCUT2D eigenvalue weighted by molar-refractivity contribution is -0.127. The fourth-order valence-electron chi connectivity index (χ4n) is 3.93. The van der Waals surface area contributed by atoms with E-state index in [0.29, 0.717) is 6.04 Å². The number of nitrogens with zero attached hydrogens (tertiary/aromatic N) is 5. The average Bonchev–Trinajstić information content (AvgIpc) is 2.81. The first-order chi connectivity index (χ1) is 15.5. The number of hydrogen-bond acceptors (Lipinski definition) is 6. The van der Waals surface area contributed by atoms with Crippen LogP contribution in [-0.4, -0.2) is 106 Å². The molecule has 9 nitrogen and oxygen atoms in total. The molecule has 2 aliphatic rings. The van der Waals surface area contributed by atoms with Gasteiger partial charge in [-0.1, -0.05) is 6.07 Å². The number of anilines is 1. The molecule has 2 fully saturated rings. The van der Waals surface area contributed by atoms with Gasteiger partial charge in [-0.15, -0.1) is 24.0 Å². The quantitative estimate of drug-likeness (QED) is 0.210. The number of piperidine rings is 1. The molecule has 0 saturated carbocycles. The molecule has 0 spiro atoms. The van der Waals surface area contributed by atoms with Gasteiger partial charge in [0.1, 0.15) is 12.4 Å². The summed E-state index contributed by atoms with van der Waals surface area (Å²) < 4.78 is 5.41. The largest absolute Gasteiger partial charge is 0.379 e. The Morgan fingerprint density at radius 3 is 2.61 bits per heavy atom. The summed E-state index contributed by atoms with van der Waals surface area (Å²) >= 11 is 0. The van der Waals surface area contributed by atoms with Crippen LogP contribution in [-0.2, 0) is 9.53 Å². The van der Waals surface area contributed by atoms with E-state index < -0.39 is 0 Å². The van der Waals surface area contributed by atoms with Crippen molar-refractivity contribution < 1.29 is 9.53 Å². The molecular formula is C23H40IN7O2. The highest BCUT2D eigenvalue weighted by Crippen LogP contribution is 2.18. The van der Waals surface area contributed by atoms with Crippen molar-refractivity contribution in [2.45, 2.75) is 32.2 Å². The lowest BCUT2D eigenvalue weighted by Crippen LogP contribution is -2.49. The molecule has 3 heterocycles. The van der Waals surface area contributed by atoms with E-state index in [-0.39, 0.29) is 36.4 Å². The number of halogens is 1. The number of aromatic nitrogens is 1. The van der Waals surface area contributed by atoms with Gasteiger partial charge < -0.3 is 25.2 Å². The average molecular weight is 574 g/mol. The monoisotopic (exact) mass is 573 g/mol. The van der Waals surface area contributed by atoms with Gasteiger partial charge in [0, 0.05) is 58.6 Å². The maximum absolute atomic E-state index is 12.0. The molecule has 0 unspecified atom stereocenters. The lowest BCUT2D eigenvalue weighted by Gasteiger charge is -2.34. The Bertz CT molecular complexity index is 748. The first-order valence-electron chi connectivity index (χ1n) is 11.7. The van der Waals surface area contributed by atoms with Crippen LogP contribution in [0.25, 0.3) is 0 Å². The highest BCUT2D eigenvalue weighted by molar-refractivity contribution is 14.0. The van der Waals surface area contributed by atoms with E-state index in [4.69, 9.17) is 4.74 Å². The summed E-state index contributed by atoms with van der Waals surface area (Å²) in [7, 11) is 3.52. The summed E-state index contributed by atoms with van der Waals surface area (Å²) in [6.45, 7) is 9.61. The highest BCUT2D eigenvalue weighted by atomic mass is 127. The van der Waals surface area contributed by atoms with Crippen molar-refractivity contribution in [3.05, 3.63) is 23.9 Å². The number of amides is 1. The lowest BCUT2D eigenvalue weighted by atomic mass is 10.1.